The molecule has 2 aromatic carbocycles. The minimum atomic E-state index is -5.80. The van der Waals surface area contributed by atoms with Crippen molar-refractivity contribution < 1.29 is 35.9 Å². The van der Waals surface area contributed by atoms with E-state index in [0.29, 0.717) is 10.5 Å². The molecule has 160 valence electrons. The molecule has 0 saturated carbocycles. The third-order valence-electron chi connectivity index (χ3n) is 4.77. The lowest BCUT2D eigenvalue weighted by molar-refractivity contribution is -0.286. The lowest BCUT2D eigenvalue weighted by Gasteiger charge is -2.31. The van der Waals surface area contributed by atoms with E-state index in [2.05, 4.69) is 0 Å². The molecule has 0 aromatic heterocycles. The summed E-state index contributed by atoms with van der Waals surface area (Å²) in [6.07, 6.45) is -11.6. The van der Waals surface area contributed by atoms with Gasteiger partial charge in [-0.05, 0) is 38.1 Å². The van der Waals surface area contributed by atoms with Gasteiger partial charge in [0.05, 0.1) is 5.69 Å². The van der Waals surface area contributed by atoms with Crippen molar-refractivity contribution in [1.82, 2.24) is 0 Å². The molecule has 1 unspecified atom stereocenters. The van der Waals surface area contributed by atoms with Gasteiger partial charge in [0.25, 0.3) is 5.91 Å². The quantitative estimate of drug-likeness (QED) is 0.484. The second kappa shape index (κ2) is 7.33. The van der Waals surface area contributed by atoms with E-state index in [1.807, 2.05) is 0 Å². The number of amides is 3. The number of imide groups is 1. The summed E-state index contributed by atoms with van der Waals surface area (Å²) < 4.78 is 80.9. The largest absolute Gasteiger partial charge is 0.403 e. The molecule has 3 amide bonds. The summed E-state index contributed by atoms with van der Waals surface area (Å²) in [5.74, 6) is -5.64. The van der Waals surface area contributed by atoms with Gasteiger partial charge in [-0.15, -0.1) is 0 Å². The van der Waals surface area contributed by atoms with Gasteiger partial charge in [-0.1, -0.05) is 35.4 Å². The predicted octanol–water partition coefficient (Wildman–Crippen LogP) is 5.39. The molecule has 0 spiro atoms. The Hall–Kier alpha value is -3.04. The third-order valence-corrected chi connectivity index (χ3v) is 4.77. The first-order chi connectivity index (χ1) is 13.8. The minimum absolute atomic E-state index is 0.113. The van der Waals surface area contributed by atoms with Crippen LogP contribution in [0.15, 0.2) is 48.5 Å². The van der Waals surface area contributed by atoms with Crippen molar-refractivity contribution in [1.29, 1.82) is 0 Å². The number of benzene rings is 2. The Labute approximate surface area is 167 Å². The van der Waals surface area contributed by atoms with Crippen LogP contribution in [0.3, 0.4) is 0 Å². The molecule has 0 N–H and O–H groups in total. The van der Waals surface area contributed by atoms with Crippen molar-refractivity contribution in [3.63, 3.8) is 0 Å². The van der Waals surface area contributed by atoms with Crippen molar-refractivity contribution in [2.24, 2.45) is 5.92 Å². The molecule has 1 atom stereocenters. The van der Waals surface area contributed by atoms with Gasteiger partial charge >= 0.3 is 18.4 Å². The van der Waals surface area contributed by atoms with Gasteiger partial charge in [0.1, 0.15) is 6.04 Å². The molecule has 1 aliphatic heterocycles. The maximum atomic E-state index is 13.5. The van der Waals surface area contributed by atoms with E-state index in [-0.39, 0.29) is 16.3 Å². The number of carbonyl (C=O) groups is 2. The normalized spacial score (nSPS) is 18.0. The highest BCUT2D eigenvalue weighted by molar-refractivity contribution is 6.28. The summed E-state index contributed by atoms with van der Waals surface area (Å²) in [6.45, 7) is 3.35. The first kappa shape index (κ1) is 21.7. The lowest BCUT2D eigenvalue weighted by Crippen LogP contribution is -2.53. The highest BCUT2D eigenvalue weighted by atomic mass is 19.4. The van der Waals surface area contributed by atoms with Crippen molar-refractivity contribution in [3.05, 3.63) is 59.7 Å². The first-order valence-corrected chi connectivity index (χ1v) is 8.76. The molecule has 0 radical (unpaired) electrons. The first-order valence-electron chi connectivity index (χ1n) is 8.76. The van der Waals surface area contributed by atoms with E-state index >= 15 is 0 Å². The predicted molar refractivity (Wildman–Crippen MR) is 97.1 cm³/mol. The van der Waals surface area contributed by atoms with E-state index < -0.39 is 36.3 Å². The Kier molecular flexibility index (Phi) is 5.30. The molecule has 1 fully saturated rings. The van der Waals surface area contributed by atoms with Gasteiger partial charge in [-0.2, -0.15) is 26.3 Å². The van der Waals surface area contributed by atoms with Crippen molar-refractivity contribution >= 4 is 23.3 Å². The van der Waals surface area contributed by atoms with Crippen molar-refractivity contribution in [2.75, 3.05) is 9.80 Å². The van der Waals surface area contributed by atoms with Crippen LogP contribution in [0.25, 0.3) is 0 Å². The van der Waals surface area contributed by atoms with Crippen LogP contribution in [0, 0.1) is 19.8 Å². The summed E-state index contributed by atoms with van der Waals surface area (Å²) in [5, 5.41) is 0. The van der Waals surface area contributed by atoms with E-state index in [9.17, 15) is 35.9 Å². The maximum Gasteiger partial charge on any atom is 0.403 e. The number of hydrogen-bond donors (Lipinski definition) is 0. The second-order valence-corrected chi connectivity index (χ2v) is 7.00. The average Bonchev–Trinajstić information content (AvgIpc) is 2.85. The van der Waals surface area contributed by atoms with Gasteiger partial charge in [0.15, 0.2) is 5.92 Å². The Bertz CT molecular complexity index is 937. The van der Waals surface area contributed by atoms with Crippen molar-refractivity contribution in [2.45, 2.75) is 32.2 Å². The van der Waals surface area contributed by atoms with Crippen LogP contribution in [0.1, 0.15) is 11.1 Å². The van der Waals surface area contributed by atoms with Gasteiger partial charge in [-0.25, -0.2) is 9.69 Å². The molecule has 3 rings (SSSR count). The fourth-order valence-electron chi connectivity index (χ4n) is 3.31. The molecule has 30 heavy (non-hydrogen) atoms. The van der Waals surface area contributed by atoms with Crippen LogP contribution in [0.2, 0.25) is 0 Å². The fourth-order valence-corrected chi connectivity index (χ4v) is 3.31. The SMILES string of the molecule is Cc1ccc(N2C(=O)C(C(C(F)(F)F)C(F)(F)F)N(c3ccc(C)cc3)C2=O)cc1. The van der Waals surface area contributed by atoms with Gasteiger partial charge in [-0.3, -0.25) is 9.69 Å². The Morgan fingerprint density at radius 3 is 1.53 bits per heavy atom. The number of alkyl halides is 6. The molecule has 1 aliphatic rings. The number of urea groups is 1. The van der Waals surface area contributed by atoms with Crippen LogP contribution >= 0.6 is 0 Å². The molecule has 2 aromatic rings. The number of nitrogens with zero attached hydrogens (tertiary/aromatic N) is 2. The number of carbonyl (C=O) groups excluding carboxylic acids is 2. The van der Waals surface area contributed by atoms with Crippen molar-refractivity contribution in [3.8, 4) is 0 Å². The number of anilines is 2. The Balaban J connectivity index is 2.19. The van der Waals surface area contributed by atoms with E-state index in [0.717, 1.165) is 5.56 Å². The number of aryl methyl sites for hydroxylation is 2. The summed E-state index contributed by atoms with van der Waals surface area (Å²) in [5.41, 5.74) is 1.05. The second-order valence-electron chi connectivity index (χ2n) is 7.00. The summed E-state index contributed by atoms with van der Waals surface area (Å²) in [6, 6.07) is 6.72. The monoisotopic (exact) mass is 430 g/mol. The zero-order valence-electron chi connectivity index (χ0n) is 15.8. The molecule has 1 heterocycles. The molecule has 4 nitrogen and oxygen atoms in total. The smallest absolute Gasteiger partial charge is 0.280 e. The number of rotatable bonds is 3. The van der Waals surface area contributed by atoms with Crippen LogP contribution in [0.5, 0.6) is 0 Å². The lowest BCUT2D eigenvalue weighted by atomic mass is 9.96. The van der Waals surface area contributed by atoms with Gasteiger partial charge < -0.3 is 0 Å². The third kappa shape index (κ3) is 3.86. The fraction of sp³-hybridized carbons (Fsp3) is 0.300. The molecular weight excluding hydrogens is 414 g/mol. The van der Waals surface area contributed by atoms with Crippen LogP contribution in [0.4, 0.5) is 42.5 Å². The van der Waals surface area contributed by atoms with E-state index in [4.69, 9.17) is 0 Å². The zero-order chi connectivity index (χ0) is 22.4. The molecular formula is C20H16F6N2O2. The Morgan fingerprint density at radius 2 is 1.13 bits per heavy atom. The highest BCUT2D eigenvalue weighted by Crippen LogP contribution is 2.46. The molecule has 1 saturated heterocycles. The highest BCUT2D eigenvalue weighted by Gasteiger charge is 2.67. The minimum Gasteiger partial charge on any atom is -0.280 e. The summed E-state index contributed by atoms with van der Waals surface area (Å²) in [7, 11) is 0. The zero-order valence-corrected chi connectivity index (χ0v) is 15.8. The molecule has 0 bridgehead atoms. The van der Waals surface area contributed by atoms with Crippen LogP contribution < -0.4 is 9.80 Å². The van der Waals surface area contributed by atoms with E-state index in [1.54, 1.807) is 13.8 Å². The Morgan fingerprint density at radius 1 is 0.733 bits per heavy atom. The van der Waals surface area contributed by atoms with Crippen LogP contribution in [-0.4, -0.2) is 30.3 Å². The van der Waals surface area contributed by atoms with Gasteiger partial charge in [0, 0.05) is 5.69 Å². The summed E-state index contributed by atoms with van der Waals surface area (Å²) >= 11 is 0. The number of halogens is 6. The maximum absolute atomic E-state index is 13.5. The average molecular weight is 430 g/mol. The standard InChI is InChI=1S/C20H16F6N2O2/c1-11-3-7-13(8-4-11)27-15(16(19(21,22)23)20(24,25)26)17(29)28(18(27)30)14-9-5-12(2)6-10-14/h3-10,15-16H,1-2H3. The summed E-state index contributed by atoms with van der Waals surface area (Å²) in [4.78, 5) is 26.4. The van der Waals surface area contributed by atoms with Gasteiger partial charge in [0.2, 0.25) is 0 Å². The number of hydrogen-bond acceptors (Lipinski definition) is 2. The van der Waals surface area contributed by atoms with E-state index in [1.165, 1.54) is 48.5 Å². The molecule has 0 aliphatic carbocycles. The topological polar surface area (TPSA) is 40.6 Å². The van der Waals surface area contributed by atoms with Crippen LogP contribution in [-0.2, 0) is 4.79 Å². The molecule has 10 heteroatoms.